The molecule has 0 bridgehead atoms. The highest BCUT2D eigenvalue weighted by atomic mass is 32.2. The van der Waals surface area contributed by atoms with Gasteiger partial charge < -0.3 is 14.0 Å². The molecule has 0 unspecified atom stereocenters. The van der Waals surface area contributed by atoms with Gasteiger partial charge in [0.1, 0.15) is 13.2 Å². The van der Waals surface area contributed by atoms with Crippen LogP contribution >= 0.6 is 0 Å². The second-order valence-corrected chi connectivity index (χ2v) is 6.46. The molecule has 1 aromatic heterocycles. The lowest BCUT2D eigenvalue weighted by Gasteiger charge is -2.19. The molecule has 7 nitrogen and oxygen atoms in total. The molecule has 0 amide bonds. The van der Waals surface area contributed by atoms with E-state index in [1.54, 1.807) is 13.1 Å². The Morgan fingerprint density at radius 3 is 2.55 bits per heavy atom. The Hall–Kier alpha value is -2.48. The van der Waals surface area contributed by atoms with Crippen molar-refractivity contribution in [2.75, 3.05) is 17.9 Å². The maximum absolute atomic E-state index is 12.4. The molecule has 0 spiro atoms. The summed E-state index contributed by atoms with van der Waals surface area (Å²) in [5, 5.41) is 0. The zero-order chi connectivity index (χ0) is 15.7. The fraction of sp³-hybridized carbons (Fsp3) is 0.214. The summed E-state index contributed by atoms with van der Waals surface area (Å²) in [6.45, 7) is 0.820. The Labute approximate surface area is 127 Å². The molecule has 0 fully saturated rings. The van der Waals surface area contributed by atoms with Crippen LogP contribution in [0, 0.1) is 0 Å². The Balaban J connectivity index is 1.92. The van der Waals surface area contributed by atoms with Gasteiger partial charge in [0.15, 0.2) is 11.5 Å². The molecular weight excluding hydrogens is 308 g/mol. The molecule has 116 valence electrons. The van der Waals surface area contributed by atoms with Gasteiger partial charge in [-0.15, -0.1) is 0 Å². The van der Waals surface area contributed by atoms with E-state index in [0.29, 0.717) is 30.4 Å². The minimum Gasteiger partial charge on any atom is -0.486 e. The predicted octanol–water partition coefficient (Wildman–Crippen LogP) is 0.957. The van der Waals surface area contributed by atoms with Gasteiger partial charge in [0, 0.05) is 25.4 Å². The highest BCUT2D eigenvalue weighted by Gasteiger charge is 2.19. The van der Waals surface area contributed by atoms with E-state index in [1.807, 2.05) is 0 Å². The third kappa shape index (κ3) is 2.77. The van der Waals surface area contributed by atoms with Crippen molar-refractivity contribution in [2.24, 2.45) is 7.05 Å². The fourth-order valence-electron chi connectivity index (χ4n) is 2.06. The average molecular weight is 322 g/mol. The fourth-order valence-corrected chi connectivity index (χ4v) is 3.12. The Morgan fingerprint density at radius 1 is 1.09 bits per heavy atom. The van der Waals surface area contributed by atoms with Crippen molar-refractivity contribution in [1.29, 1.82) is 0 Å². The van der Waals surface area contributed by atoms with E-state index in [0.717, 1.165) is 0 Å². The number of hydrogen-bond acceptors (Lipinski definition) is 5. The summed E-state index contributed by atoms with van der Waals surface area (Å²) in [6.07, 6.45) is 1.41. The van der Waals surface area contributed by atoms with Crippen LogP contribution in [0.3, 0.4) is 0 Å². The molecule has 2 aromatic rings. The zero-order valence-corrected chi connectivity index (χ0v) is 12.6. The molecule has 1 aliphatic rings. The highest BCUT2D eigenvalue weighted by molar-refractivity contribution is 7.92. The lowest BCUT2D eigenvalue weighted by atomic mass is 10.3. The van der Waals surface area contributed by atoms with Crippen molar-refractivity contribution in [3.63, 3.8) is 0 Å². The van der Waals surface area contributed by atoms with Gasteiger partial charge in [0.05, 0.1) is 10.6 Å². The molecule has 0 saturated heterocycles. The summed E-state index contributed by atoms with van der Waals surface area (Å²) in [4.78, 5) is 11.4. The van der Waals surface area contributed by atoms with Crippen LogP contribution in [0.25, 0.3) is 0 Å². The molecule has 1 aliphatic heterocycles. The smallest absolute Gasteiger partial charge is 0.262 e. The molecule has 22 heavy (non-hydrogen) atoms. The molecule has 0 aliphatic carbocycles. The number of hydrogen-bond donors (Lipinski definition) is 1. The van der Waals surface area contributed by atoms with E-state index < -0.39 is 10.0 Å². The van der Waals surface area contributed by atoms with Crippen LogP contribution in [0.1, 0.15) is 0 Å². The van der Waals surface area contributed by atoms with Crippen molar-refractivity contribution in [3.8, 4) is 11.5 Å². The number of nitrogens with zero attached hydrogens (tertiary/aromatic N) is 1. The number of sulfonamides is 1. The van der Waals surface area contributed by atoms with Gasteiger partial charge >= 0.3 is 0 Å². The lowest BCUT2D eigenvalue weighted by molar-refractivity contribution is 0.171. The first-order valence-corrected chi connectivity index (χ1v) is 8.03. The first-order chi connectivity index (χ1) is 10.5. The Morgan fingerprint density at radius 2 is 1.82 bits per heavy atom. The first-order valence-electron chi connectivity index (χ1n) is 6.55. The number of ether oxygens (including phenoxy) is 2. The summed E-state index contributed by atoms with van der Waals surface area (Å²) in [5.74, 6) is 0.918. The summed E-state index contributed by atoms with van der Waals surface area (Å²) in [7, 11) is -2.23. The van der Waals surface area contributed by atoms with Crippen molar-refractivity contribution in [3.05, 3.63) is 46.9 Å². The number of fused-ring (bicyclic) bond motifs is 1. The Kier molecular flexibility index (Phi) is 3.53. The number of rotatable bonds is 3. The van der Waals surface area contributed by atoms with Crippen LogP contribution < -0.4 is 19.8 Å². The molecule has 2 heterocycles. The second-order valence-electron chi connectivity index (χ2n) is 4.78. The van der Waals surface area contributed by atoms with Gasteiger partial charge in [-0.1, -0.05) is 0 Å². The molecule has 0 radical (unpaired) electrons. The average Bonchev–Trinajstić information content (AvgIpc) is 2.50. The molecule has 8 heteroatoms. The Bertz CT molecular complexity index is 873. The zero-order valence-electron chi connectivity index (χ0n) is 11.8. The number of aryl methyl sites for hydroxylation is 1. The number of aromatic nitrogens is 1. The van der Waals surface area contributed by atoms with Crippen molar-refractivity contribution >= 4 is 15.7 Å². The van der Waals surface area contributed by atoms with Gasteiger partial charge in [0.2, 0.25) is 5.56 Å². The van der Waals surface area contributed by atoms with E-state index in [4.69, 9.17) is 9.47 Å². The number of pyridine rings is 1. The number of benzene rings is 1. The molecular formula is C14H14N2O5S. The molecule has 1 N–H and O–H groups in total. The van der Waals surface area contributed by atoms with E-state index in [9.17, 15) is 13.2 Å². The number of anilines is 1. The van der Waals surface area contributed by atoms with Crippen LogP contribution in [-0.4, -0.2) is 26.2 Å². The maximum atomic E-state index is 12.4. The van der Waals surface area contributed by atoms with Crippen LogP contribution in [0.5, 0.6) is 11.5 Å². The highest BCUT2D eigenvalue weighted by Crippen LogP contribution is 2.32. The minimum absolute atomic E-state index is 0.0607. The lowest BCUT2D eigenvalue weighted by Crippen LogP contribution is -2.19. The minimum atomic E-state index is -3.78. The molecule has 3 rings (SSSR count). The van der Waals surface area contributed by atoms with Gasteiger partial charge in [0.25, 0.3) is 10.0 Å². The van der Waals surface area contributed by atoms with Crippen LogP contribution in [0.2, 0.25) is 0 Å². The van der Waals surface area contributed by atoms with Gasteiger partial charge in [-0.2, -0.15) is 0 Å². The van der Waals surface area contributed by atoms with E-state index in [1.165, 1.54) is 35.0 Å². The SMILES string of the molecule is Cn1cc(NS(=O)(=O)c2ccc3c(c2)OCCO3)ccc1=O. The quantitative estimate of drug-likeness (QED) is 0.909. The van der Waals surface area contributed by atoms with Crippen LogP contribution in [-0.2, 0) is 17.1 Å². The maximum Gasteiger partial charge on any atom is 0.262 e. The summed E-state index contributed by atoms with van der Waals surface area (Å²) in [6, 6.07) is 7.12. The molecule has 1 aromatic carbocycles. The van der Waals surface area contributed by atoms with Gasteiger partial charge in [-0.25, -0.2) is 8.42 Å². The van der Waals surface area contributed by atoms with E-state index >= 15 is 0 Å². The molecule has 0 atom stereocenters. The normalized spacial score (nSPS) is 13.7. The summed E-state index contributed by atoms with van der Waals surface area (Å²) < 4.78 is 39.2. The summed E-state index contributed by atoms with van der Waals surface area (Å²) in [5.41, 5.74) is 0.0827. The van der Waals surface area contributed by atoms with Crippen LogP contribution in [0.15, 0.2) is 46.2 Å². The first kappa shape index (κ1) is 14.5. The van der Waals surface area contributed by atoms with Crippen molar-refractivity contribution in [1.82, 2.24) is 4.57 Å². The third-order valence-corrected chi connectivity index (χ3v) is 4.54. The van der Waals surface area contributed by atoms with Crippen molar-refractivity contribution < 1.29 is 17.9 Å². The van der Waals surface area contributed by atoms with Crippen LogP contribution in [0.4, 0.5) is 5.69 Å². The van der Waals surface area contributed by atoms with Gasteiger partial charge in [-0.3, -0.25) is 9.52 Å². The van der Waals surface area contributed by atoms with Crippen molar-refractivity contribution in [2.45, 2.75) is 4.90 Å². The van der Waals surface area contributed by atoms with E-state index in [-0.39, 0.29) is 10.5 Å². The molecule has 0 saturated carbocycles. The standard InChI is InChI=1S/C14H14N2O5S/c1-16-9-10(2-5-14(16)17)15-22(18,19)11-3-4-12-13(8-11)21-7-6-20-12/h2-5,8-9,15H,6-7H2,1H3. The monoisotopic (exact) mass is 322 g/mol. The predicted molar refractivity (Wildman–Crippen MR) is 79.9 cm³/mol. The largest absolute Gasteiger partial charge is 0.486 e. The van der Waals surface area contributed by atoms with Gasteiger partial charge in [-0.05, 0) is 18.2 Å². The topological polar surface area (TPSA) is 86.6 Å². The number of nitrogens with one attached hydrogen (secondary N) is 1. The van der Waals surface area contributed by atoms with E-state index in [2.05, 4.69) is 4.72 Å². The second kappa shape index (κ2) is 5.38. The third-order valence-electron chi connectivity index (χ3n) is 3.16. The summed E-state index contributed by atoms with van der Waals surface area (Å²) >= 11 is 0.